The van der Waals surface area contributed by atoms with Gasteiger partial charge < -0.3 is 19.7 Å². The Morgan fingerprint density at radius 3 is 2.62 bits per heavy atom. The summed E-state index contributed by atoms with van der Waals surface area (Å²) in [6.07, 6.45) is 4.51. The normalized spacial score (nSPS) is 11.7. The van der Waals surface area contributed by atoms with Crippen LogP contribution >= 0.6 is 12.4 Å². The molecule has 0 spiro atoms. The van der Waals surface area contributed by atoms with Crippen LogP contribution in [0.5, 0.6) is 5.75 Å². The molecule has 2 N–H and O–H groups in total. The molecule has 1 atom stereocenters. The number of aromatic nitrogens is 1. The van der Waals surface area contributed by atoms with E-state index in [9.17, 15) is 5.11 Å². The monoisotopic (exact) mass is 310 g/mol. The van der Waals surface area contributed by atoms with E-state index in [1.54, 1.807) is 0 Å². The standard InChI is InChI=1S/C16H22N2O2.ClH/c1-2-9-17-12-14(19)13-20-16-8-4-3-7-15(16)18-10-5-6-11-18;/h3-8,10-11,14,17,19H,2,9,12-13H2,1H3;1H. The predicted molar refractivity (Wildman–Crippen MR) is 87.7 cm³/mol. The Labute approximate surface area is 132 Å². The molecule has 0 amide bonds. The summed E-state index contributed by atoms with van der Waals surface area (Å²) in [7, 11) is 0. The van der Waals surface area contributed by atoms with Gasteiger partial charge in [-0.25, -0.2) is 0 Å². The van der Waals surface area contributed by atoms with E-state index in [0.29, 0.717) is 6.54 Å². The molecule has 2 rings (SSSR count). The van der Waals surface area contributed by atoms with Crippen molar-refractivity contribution in [3.8, 4) is 11.4 Å². The van der Waals surface area contributed by atoms with Crippen LogP contribution in [0.1, 0.15) is 13.3 Å². The predicted octanol–water partition coefficient (Wildman–Crippen LogP) is 2.64. The van der Waals surface area contributed by atoms with Crippen molar-refractivity contribution in [2.45, 2.75) is 19.4 Å². The van der Waals surface area contributed by atoms with Crippen molar-refractivity contribution in [1.29, 1.82) is 0 Å². The molecule has 0 bridgehead atoms. The van der Waals surface area contributed by atoms with Gasteiger partial charge in [0, 0.05) is 18.9 Å². The molecule has 0 radical (unpaired) electrons. The van der Waals surface area contributed by atoms with Gasteiger partial charge in [0.15, 0.2) is 0 Å². The number of benzene rings is 1. The number of hydrogen-bond donors (Lipinski definition) is 2. The van der Waals surface area contributed by atoms with Crippen molar-refractivity contribution in [1.82, 2.24) is 9.88 Å². The average Bonchev–Trinajstić information content (AvgIpc) is 3.00. The summed E-state index contributed by atoms with van der Waals surface area (Å²) in [4.78, 5) is 0. The number of nitrogens with zero attached hydrogens (tertiary/aromatic N) is 1. The fourth-order valence-electron chi connectivity index (χ4n) is 1.98. The van der Waals surface area contributed by atoms with Crippen molar-refractivity contribution in [2.75, 3.05) is 19.7 Å². The lowest BCUT2D eigenvalue weighted by Gasteiger charge is -2.15. The van der Waals surface area contributed by atoms with Gasteiger partial charge >= 0.3 is 0 Å². The van der Waals surface area contributed by atoms with E-state index in [1.807, 2.05) is 53.4 Å². The fraction of sp³-hybridized carbons (Fsp3) is 0.375. The highest BCUT2D eigenvalue weighted by Gasteiger charge is 2.08. The van der Waals surface area contributed by atoms with Gasteiger partial charge in [0.2, 0.25) is 0 Å². The third-order valence-electron chi connectivity index (χ3n) is 2.99. The summed E-state index contributed by atoms with van der Waals surface area (Å²) >= 11 is 0. The summed E-state index contributed by atoms with van der Waals surface area (Å²) in [6, 6.07) is 11.8. The quantitative estimate of drug-likeness (QED) is 0.737. The Morgan fingerprint density at radius 2 is 1.90 bits per heavy atom. The van der Waals surface area contributed by atoms with E-state index >= 15 is 0 Å². The van der Waals surface area contributed by atoms with Crippen LogP contribution < -0.4 is 10.1 Å². The third-order valence-corrected chi connectivity index (χ3v) is 2.99. The molecule has 116 valence electrons. The molecule has 21 heavy (non-hydrogen) atoms. The average molecular weight is 311 g/mol. The number of halogens is 1. The molecule has 1 aromatic heterocycles. The van der Waals surface area contributed by atoms with Crippen LogP contribution in [0, 0.1) is 0 Å². The molecule has 0 aliphatic heterocycles. The van der Waals surface area contributed by atoms with Gasteiger partial charge in [-0.3, -0.25) is 0 Å². The van der Waals surface area contributed by atoms with E-state index in [1.165, 1.54) is 0 Å². The van der Waals surface area contributed by atoms with E-state index in [-0.39, 0.29) is 19.0 Å². The number of aliphatic hydroxyl groups excluding tert-OH is 1. The molecule has 4 nitrogen and oxygen atoms in total. The highest BCUT2D eigenvalue weighted by Crippen LogP contribution is 2.22. The molecule has 1 heterocycles. The first kappa shape index (κ1) is 17.6. The number of nitrogens with one attached hydrogen (secondary N) is 1. The maximum absolute atomic E-state index is 9.86. The SMILES string of the molecule is CCCNCC(O)COc1ccccc1-n1cccc1.Cl. The number of para-hydroxylation sites is 2. The van der Waals surface area contributed by atoms with Crippen molar-refractivity contribution in [3.63, 3.8) is 0 Å². The zero-order chi connectivity index (χ0) is 14.2. The largest absolute Gasteiger partial charge is 0.489 e. The Bertz CT molecular complexity index is 503. The lowest BCUT2D eigenvalue weighted by Crippen LogP contribution is -2.31. The van der Waals surface area contributed by atoms with Crippen LogP contribution in [-0.2, 0) is 0 Å². The van der Waals surface area contributed by atoms with Crippen LogP contribution in [0.2, 0.25) is 0 Å². The van der Waals surface area contributed by atoms with Crippen LogP contribution in [0.25, 0.3) is 5.69 Å². The third kappa shape index (κ3) is 5.42. The molecular formula is C16H23ClN2O2. The first-order valence-corrected chi connectivity index (χ1v) is 7.05. The van der Waals surface area contributed by atoms with E-state index in [4.69, 9.17) is 4.74 Å². The number of hydrogen-bond acceptors (Lipinski definition) is 3. The topological polar surface area (TPSA) is 46.4 Å². The summed E-state index contributed by atoms with van der Waals surface area (Å²) in [5, 5.41) is 13.0. The van der Waals surface area contributed by atoms with Gasteiger partial charge in [-0.15, -0.1) is 12.4 Å². The summed E-state index contributed by atoms with van der Waals surface area (Å²) in [5.41, 5.74) is 0.978. The van der Waals surface area contributed by atoms with Gasteiger partial charge in [0.1, 0.15) is 18.5 Å². The van der Waals surface area contributed by atoms with Crippen LogP contribution in [0.3, 0.4) is 0 Å². The molecule has 0 aliphatic rings. The van der Waals surface area contributed by atoms with Crippen LogP contribution in [-0.4, -0.2) is 35.5 Å². The lowest BCUT2D eigenvalue weighted by molar-refractivity contribution is 0.106. The number of rotatable bonds is 8. The van der Waals surface area contributed by atoms with Gasteiger partial charge in [0.05, 0.1) is 5.69 Å². The van der Waals surface area contributed by atoms with Crippen molar-refractivity contribution >= 4 is 12.4 Å². The van der Waals surface area contributed by atoms with Gasteiger partial charge in [-0.05, 0) is 37.2 Å². The smallest absolute Gasteiger partial charge is 0.143 e. The lowest BCUT2D eigenvalue weighted by atomic mass is 10.3. The summed E-state index contributed by atoms with van der Waals surface area (Å²) in [5.74, 6) is 0.776. The number of aliphatic hydroxyl groups is 1. The summed E-state index contributed by atoms with van der Waals surface area (Å²) in [6.45, 7) is 3.86. The Hall–Kier alpha value is -1.49. The van der Waals surface area contributed by atoms with Crippen LogP contribution in [0.15, 0.2) is 48.8 Å². The van der Waals surface area contributed by atoms with E-state index in [0.717, 1.165) is 24.4 Å². The Morgan fingerprint density at radius 1 is 1.19 bits per heavy atom. The van der Waals surface area contributed by atoms with Gasteiger partial charge in [-0.1, -0.05) is 19.1 Å². The minimum absolute atomic E-state index is 0. The fourth-order valence-corrected chi connectivity index (χ4v) is 1.98. The first-order chi connectivity index (χ1) is 9.81. The van der Waals surface area contributed by atoms with Crippen molar-refractivity contribution in [2.24, 2.45) is 0 Å². The minimum Gasteiger partial charge on any atom is -0.489 e. The zero-order valence-electron chi connectivity index (χ0n) is 12.2. The summed E-state index contributed by atoms with van der Waals surface area (Å²) < 4.78 is 7.74. The molecule has 2 aromatic rings. The highest BCUT2D eigenvalue weighted by molar-refractivity contribution is 5.85. The first-order valence-electron chi connectivity index (χ1n) is 7.05. The molecule has 1 aromatic carbocycles. The molecule has 5 heteroatoms. The molecular weight excluding hydrogens is 288 g/mol. The highest BCUT2D eigenvalue weighted by atomic mass is 35.5. The van der Waals surface area contributed by atoms with Gasteiger partial charge in [-0.2, -0.15) is 0 Å². The van der Waals surface area contributed by atoms with Gasteiger partial charge in [0.25, 0.3) is 0 Å². The molecule has 0 fully saturated rings. The van der Waals surface area contributed by atoms with E-state index in [2.05, 4.69) is 12.2 Å². The van der Waals surface area contributed by atoms with Crippen molar-refractivity contribution in [3.05, 3.63) is 48.8 Å². The second-order valence-electron chi connectivity index (χ2n) is 4.73. The molecule has 1 unspecified atom stereocenters. The minimum atomic E-state index is -0.501. The van der Waals surface area contributed by atoms with E-state index < -0.39 is 6.10 Å². The number of ether oxygens (including phenoxy) is 1. The zero-order valence-corrected chi connectivity index (χ0v) is 13.1. The maximum Gasteiger partial charge on any atom is 0.143 e. The maximum atomic E-state index is 9.86. The Balaban J connectivity index is 0.00000220. The molecule has 0 saturated heterocycles. The van der Waals surface area contributed by atoms with Crippen LogP contribution in [0.4, 0.5) is 0 Å². The van der Waals surface area contributed by atoms with Crippen molar-refractivity contribution < 1.29 is 9.84 Å². The second-order valence-corrected chi connectivity index (χ2v) is 4.73. The Kier molecular flexibility index (Phi) is 7.90. The molecule has 0 saturated carbocycles. The second kappa shape index (κ2) is 9.45. The molecule has 0 aliphatic carbocycles.